The predicted molar refractivity (Wildman–Crippen MR) is 97.7 cm³/mol. The molecule has 1 aromatic carbocycles. The lowest BCUT2D eigenvalue weighted by molar-refractivity contribution is -0.281. The van der Waals surface area contributed by atoms with Crippen LogP contribution in [0.15, 0.2) is 24.3 Å². The minimum atomic E-state index is -0.185. The van der Waals surface area contributed by atoms with Crippen LogP contribution in [0.3, 0.4) is 0 Å². The SMILES string of the molecule is CCCCC1COC(C2COC(CCc3ccc(Cl)cc3)OC2)OC1. The molecule has 0 amide bonds. The van der Waals surface area contributed by atoms with Gasteiger partial charge in [0.1, 0.15) is 0 Å². The second-order valence-corrected chi connectivity index (χ2v) is 7.50. The molecule has 4 nitrogen and oxygen atoms in total. The summed E-state index contributed by atoms with van der Waals surface area (Å²) < 4.78 is 23.6. The number of benzene rings is 1. The zero-order chi connectivity index (χ0) is 17.5. The van der Waals surface area contributed by atoms with Crippen LogP contribution in [-0.2, 0) is 25.4 Å². The van der Waals surface area contributed by atoms with Crippen LogP contribution in [0, 0.1) is 11.8 Å². The van der Waals surface area contributed by atoms with E-state index < -0.39 is 0 Å². The first-order valence-electron chi connectivity index (χ1n) is 9.45. The normalized spacial score (nSPS) is 30.3. The topological polar surface area (TPSA) is 36.9 Å². The Morgan fingerprint density at radius 3 is 2.24 bits per heavy atom. The van der Waals surface area contributed by atoms with Gasteiger partial charge >= 0.3 is 0 Å². The van der Waals surface area contributed by atoms with Crippen LogP contribution in [0.5, 0.6) is 0 Å². The minimum absolute atomic E-state index is 0.146. The lowest BCUT2D eigenvalue weighted by Crippen LogP contribution is -2.44. The number of unbranched alkanes of at least 4 members (excludes halogenated alkanes) is 1. The van der Waals surface area contributed by atoms with Gasteiger partial charge in [0.15, 0.2) is 12.6 Å². The molecule has 2 aliphatic heterocycles. The van der Waals surface area contributed by atoms with Crippen LogP contribution in [0.4, 0.5) is 0 Å². The minimum Gasteiger partial charge on any atom is -0.352 e. The van der Waals surface area contributed by atoms with E-state index in [4.69, 9.17) is 30.5 Å². The Kier molecular flexibility index (Phi) is 7.56. The van der Waals surface area contributed by atoms with E-state index in [0.717, 1.165) is 31.1 Å². The lowest BCUT2D eigenvalue weighted by Gasteiger charge is -2.37. The van der Waals surface area contributed by atoms with Gasteiger partial charge in [-0.3, -0.25) is 0 Å². The fourth-order valence-electron chi connectivity index (χ4n) is 3.31. The van der Waals surface area contributed by atoms with Crippen LogP contribution in [-0.4, -0.2) is 39.0 Å². The zero-order valence-electron chi connectivity index (χ0n) is 15.0. The number of halogens is 1. The molecule has 0 aromatic heterocycles. The van der Waals surface area contributed by atoms with Crippen molar-refractivity contribution in [3.63, 3.8) is 0 Å². The number of aryl methyl sites for hydroxylation is 1. The van der Waals surface area contributed by atoms with E-state index in [1.807, 2.05) is 24.3 Å². The summed E-state index contributed by atoms with van der Waals surface area (Å²) in [4.78, 5) is 0. The van der Waals surface area contributed by atoms with Crippen LogP contribution < -0.4 is 0 Å². The highest BCUT2D eigenvalue weighted by Crippen LogP contribution is 2.25. The number of ether oxygens (including phenoxy) is 4. The molecule has 140 valence electrons. The molecule has 0 N–H and O–H groups in total. The second kappa shape index (κ2) is 9.89. The number of rotatable bonds is 7. The molecule has 5 heteroatoms. The highest BCUT2D eigenvalue weighted by molar-refractivity contribution is 6.30. The maximum absolute atomic E-state index is 5.91. The quantitative estimate of drug-likeness (QED) is 0.712. The largest absolute Gasteiger partial charge is 0.352 e. The van der Waals surface area contributed by atoms with E-state index >= 15 is 0 Å². The van der Waals surface area contributed by atoms with E-state index in [-0.39, 0.29) is 18.5 Å². The van der Waals surface area contributed by atoms with Gasteiger partial charge in [-0.1, -0.05) is 43.5 Å². The van der Waals surface area contributed by atoms with Crippen molar-refractivity contribution in [3.05, 3.63) is 34.9 Å². The summed E-state index contributed by atoms with van der Waals surface area (Å²) in [5.74, 6) is 0.702. The molecule has 25 heavy (non-hydrogen) atoms. The van der Waals surface area contributed by atoms with Gasteiger partial charge < -0.3 is 18.9 Å². The number of hydrogen-bond acceptors (Lipinski definition) is 4. The third kappa shape index (κ3) is 5.93. The standard InChI is InChI=1S/C20H29ClO4/c1-2-3-4-16-11-24-20(25-12-16)17-13-22-19(23-14-17)10-7-15-5-8-18(21)9-6-15/h5-6,8-9,16-17,19-20H,2-4,7,10-14H2,1H3. The Bertz CT molecular complexity index is 491. The van der Waals surface area contributed by atoms with Gasteiger partial charge in [-0.25, -0.2) is 0 Å². The van der Waals surface area contributed by atoms with Crippen molar-refractivity contribution in [1.29, 1.82) is 0 Å². The molecule has 0 aliphatic carbocycles. The molecule has 2 fully saturated rings. The zero-order valence-corrected chi connectivity index (χ0v) is 15.7. The van der Waals surface area contributed by atoms with Gasteiger partial charge in [0.2, 0.25) is 0 Å². The molecular weight excluding hydrogens is 340 g/mol. The maximum atomic E-state index is 5.91. The maximum Gasteiger partial charge on any atom is 0.164 e. The van der Waals surface area contributed by atoms with Gasteiger partial charge in [-0.15, -0.1) is 0 Å². The molecule has 0 bridgehead atoms. The smallest absolute Gasteiger partial charge is 0.164 e. The first kappa shape index (κ1) is 19.1. The van der Waals surface area contributed by atoms with Crippen molar-refractivity contribution < 1.29 is 18.9 Å². The molecule has 0 unspecified atom stereocenters. The average molecular weight is 369 g/mol. The van der Waals surface area contributed by atoms with Crippen molar-refractivity contribution in [1.82, 2.24) is 0 Å². The second-order valence-electron chi connectivity index (χ2n) is 7.06. The number of hydrogen-bond donors (Lipinski definition) is 0. The van der Waals surface area contributed by atoms with Gasteiger partial charge in [-0.2, -0.15) is 0 Å². The van der Waals surface area contributed by atoms with Crippen molar-refractivity contribution >= 4 is 11.6 Å². The first-order chi connectivity index (χ1) is 12.2. The van der Waals surface area contributed by atoms with Gasteiger partial charge in [0, 0.05) is 17.4 Å². The summed E-state index contributed by atoms with van der Waals surface area (Å²) in [6.07, 6.45) is 5.09. The van der Waals surface area contributed by atoms with Gasteiger partial charge in [0.05, 0.1) is 32.3 Å². The fourth-order valence-corrected chi connectivity index (χ4v) is 3.43. The predicted octanol–water partition coefficient (Wildman–Crippen LogP) is 4.44. The molecule has 2 saturated heterocycles. The Morgan fingerprint density at radius 2 is 1.60 bits per heavy atom. The molecular formula is C20H29ClO4. The van der Waals surface area contributed by atoms with E-state index in [2.05, 4.69) is 6.92 Å². The van der Waals surface area contributed by atoms with Crippen LogP contribution in [0.1, 0.15) is 38.2 Å². The Hall–Kier alpha value is -0.650. The summed E-state index contributed by atoms with van der Waals surface area (Å²) in [7, 11) is 0. The molecule has 0 saturated carbocycles. The molecule has 0 atom stereocenters. The highest BCUT2D eigenvalue weighted by Gasteiger charge is 2.33. The molecule has 3 rings (SSSR count). The van der Waals surface area contributed by atoms with Crippen molar-refractivity contribution in [2.75, 3.05) is 26.4 Å². The molecule has 2 aliphatic rings. The van der Waals surface area contributed by atoms with Crippen molar-refractivity contribution in [2.24, 2.45) is 11.8 Å². The first-order valence-corrected chi connectivity index (χ1v) is 9.83. The molecule has 2 heterocycles. The Morgan fingerprint density at radius 1 is 0.920 bits per heavy atom. The molecule has 0 spiro atoms. The van der Waals surface area contributed by atoms with E-state index in [1.165, 1.54) is 24.8 Å². The van der Waals surface area contributed by atoms with Crippen LogP contribution >= 0.6 is 11.6 Å². The molecule has 1 aromatic rings. The highest BCUT2D eigenvalue weighted by atomic mass is 35.5. The average Bonchev–Trinajstić information content (AvgIpc) is 2.67. The van der Waals surface area contributed by atoms with Crippen molar-refractivity contribution in [3.8, 4) is 0 Å². The van der Waals surface area contributed by atoms with E-state index in [9.17, 15) is 0 Å². The van der Waals surface area contributed by atoms with Crippen LogP contribution in [0.2, 0.25) is 5.02 Å². The summed E-state index contributed by atoms with van der Waals surface area (Å²) in [5.41, 5.74) is 1.25. The van der Waals surface area contributed by atoms with Crippen molar-refractivity contribution in [2.45, 2.75) is 51.6 Å². The monoisotopic (exact) mass is 368 g/mol. The van der Waals surface area contributed by atoms with Gasteiger partial charge in [0.25, 0.3) is 0 Å². The third-order valence-corrected chi connectivity index (χ3v) is 5.17. The summed E-state index contributed by atoms with van der Waals surface area (Å²) >= 11 is 5.91. The summed E-state index contributed by atoms with van der Waals surface area (Å²) in [6.45, 7) is 5.07. The summed E-state index contributed by atoms with van der Waals surface area (Å²) in [6, 6.07) is 7.93. The Balaban J connectivity index is 1.34. The van der Waals surface area contributed by atoms with E-state index in [0.29, 0.717) is 19.1 Å². The van der Waals surface area contributed by atoms with E-state index in [1.54, 1.807) is 0 Å². The van der Waals surface area contributed by atoms with Crippen LogP contribution in [0.25, 0.3) is 0 Å². The van der Waals surface area contributed by atoms with Gasteiger partial charge in [-0.05, 0) is 30.5 Å². The third-order valence-electron chi connectivity index (χ3n) is 4.92. The summed E-state index contributed by atoms with van der Waals surface area (Å²) in [5, 5.41) is 0.765. The molecule has 0 radical (unpaired) electrons. The fraction of sp³-hybridized carbons (Fsp3) is 0.700. The lowest BCUT2D eigenvalue weighted by atomic mass is 10.0. The Labute approximate surface area is 155 Å².